The molecular formula is C31H35N3O6S. The highest BCUT2D eigenvalue weighted by molar-refractivity contribution is 7.90. The monoisotopic (exact) mass is 577 g/mol. The predicted octanol–water partition coefficient (Wildman–Crippen LogP) is 3.79. The first-order chi connectivity index (χ1) is 19.8. The van der Waals surface area contributed by atoms with Gasteiger partial charge in [0.2, 0.25) is 11.8 Å². The van der Waals surface area contributed by atoms with Crippen molar-refractivity contribution in [3.8, 4) is 5.75 Å². The van der Waals surface area contributed by atoms with Gasteiger partial charge in [0.1, 0.15) is 16.7 Å². The van der Waals surface area contributed by atoms with Crippen molar-refractivity contribution in [2.45, 2.75) is 50.1 Å². The zero-order valence-corrected chi connectivity index (χ0v) is 24.1. The Balaban J connectivity index is 1.57. The number of benzene rings is 3. The van der Waals surface area contributed by atoms with E-state index < -0.39 is 22.0 Å². The molecule has 0 fully saturated rings. The zero-order chi connectivity index (χ0) is 29.4. The number of hydrogen-bond donors (Lipinski definition) is 1. The zero-order valence-electron chi connectivity index (χ0n) is 23.3. The number of hydrogen-bond acceptors (Lipinski definition) is 6. The molecule has 1 atom stereocenters. The Bertz CT molecular complexity index is 1490. The Hall–Kier alpha value is -4.18. The van der Waals surface area contributed by atoms with Crippen LogP contribution in [0.25, 0.3) is 0 Å². The molecule has 3 aromatic carbocycles. The molecular weight excluding hydrogens is 542 g/mol. The summed E-state index contributed by atoms with van der Waals surface area (Å²) >= 11 is 0. The van der Waals surface area contributed by atoms with Gasteiger partial charge in [-0.2, -0.15) is 0 Å². The summed E-state index contributed by atoms with van der Waals surface area (Å²) in [5, 5.41) is 2.93. The van der Waals surface area contributed by atoms with Crippen molar-refractivity contribution in [1.29, 1.82) is 0 Å². The Labute approximate surface area is 241 Å². The molecule has 0 saturated carbocycles. The maximum atomic E-state index is 13.8. The molecule has 1 aliphatic heterocycles. The van der Waals surface area contributed by atoms with Crippen LogP contribution in [-0.4, -0.2) is 61.6 Å². The summed E-state index contributed by atoms with van der Waals surface area (Å²) in [6.45, 7) is 2.44. The first-order valence-corrected chi connectivity index (χ1v) is 15.1. The van der Waals surface area contributed by atoms with Crippen molar-refractivity contribution in [1.82, 2.24) is 14.5 Å². The van der Waals surface area contributed by atoms with Gasteiger partial charge in [0.15, 0.2) is 0 Å². The minimum atomic E-state index is -3.97. The first kappa shape index (κ1) is 29.8. The van der Waals surface area contributed by atoms with Gasteiger partial charge >= 0.3 is 0 Å². The van der Waals surface area contributed by atoms with E-state index in [4.69, 9.17) is 4.74 Å². The molecule has 1 aliphatic rings. The van der Waals surface area contributed by atoms with Gasteiger partial charge in [-0.3, -0.25) is 14.4 Å². The normalized spacial score (nSPS) is 14.3. The highest BCUT2D eigenvalue weighted by Gasteiger charge is 2.40. The van der Waals surface area contributed by atoms with Gasteiger partial charge in [-0.05, 0) is 48.2 Å². The highest BCUT2D eigenvalue weighted by atomic mass is 32.2. The van der Waals surface area contributed by atoms with Gasteiger partial charge in [0.25, 0.3) is 15.9 Å². The maximum absolute atomic E-state index is 13.8. The summed E-state index contributed by atoms with van der Waals surface area (Å²) in [7, 11) is -2.41. The molecule has 0 radical (unpaired) electrons. The van der Waals surface area contributed by atoms with Crippen LogP contribution >= 0.6 is 0 Å². The lowest BCUT2D eigenvalue weighted by molar-refractivity contribution is -0.141. The fourth-order valence-electron chi connectivity index (χ4n) is 4.86. The van der Waals surface area contributed by atoms with Crippen LogP contribution < -0.4 is 10.1 Å². The van der Waals surface area contributed by atoms with E-state index in [1.807, 2.05) is 55.5 Å². The van der Waals surface area contributed by atoms with Crippen LogP contribution in [0.15, 0.2) is 83.8 Å². The molecule has 0 saturated heterocycles. The van der Waals surface area contributed by atoms with E-state index in [-0.39, 0.29) is 48.2 Å². The third kappa shape index (κ3) is 6.94. The van der Waals surface area contributed by atoms with Crippen LogP contribution in [0.3, 0.4) is 0 Å². The molecule has 41 heavy (non-hydrogen) atoms. The summed E-state index contributed by atoms with van der Waals surface area (Å²) in [6.07, 6.45) is 1.11. The van der Waals surface area contributed by atoms with Gasteiger partial charge in [0.05, 0.1) is 12.7 Å². The molecule has 0 aliphatic carbocycles. The second kappa shape index (κ2) is 13.5. The number of sulfonamides is 1. The van der Waals surface area contributed by atoms with Crippen LogP contribution in [0.2, 0.25) is 0 Å². The molecule has 0 aromatic heterocycles. The van der Waals surface area contributed by atoms with E-state index >= 15 is 0 Å². The molecule has 1 N–H and O–H groups in total. The molecule has 0 spiro atoms. The smallest absolute Gasteiger partial charge is 0.269 e. The second-order valence-electron chi connectivity index (χ2n) is 9.85. The van der Waals surface area contributed by atoms with Gasteiger partial charge in [-0.1, -0.05) is 61.5 Å². The standard InChI is InChI=1S/C31H35N3O6S/c1-3-18-32-30(36)27(21-23-11-5-4-6-12-23)33(22-24-13-9-14-25(20-24)40-2)29(35)17-10-19-34-31(37)26-15-7-8-16-28(26)41(34,38)39/h4-9,11-16,20,27H,3,10,17-19,21-22H2,1-2H3,(H,32,36)/t27-/m1/s1. The average Bonchev–Trinajstić information content (AvgIpc) is 3.18. The van der Waals surface area contributed by atoms with Crippen molar-refractivity contribution >= 4 is 27.7 Å². The van der Waals surface area contributed by atoms with Crippen LogP contribution in [0.4, 0.5) is 0 Å². The SMILES string of the molecule is CCCNC(=O)[C@@H](Cc1ccccc1)N(Cc1cccc(OC)c1)C(=O)CCCN1C(=O)c2ccccc2S1(=O)=O. The highest BCUT2D eigenvalue weighted by Crippen LogP contribution is 2.30. The first-order valence-electron chi connectivity index (χ1n) is 13.7. The van der Waals surface area contributed by atoms with E-state index in [0.717, 1.165) is 21.9 Å². The number of fused-ring (bicyclic) bond motifs is 1. The molecule has 10 heteroatoms. The Morgan fingerprint density at radius 3 is 2.39 bits per heavy atom. The average molecular weight is 578 g/mol. The predicted molar refractivity (Wildman–Crippen MR) is 155 cm³/mol. The van der Waals surface area contributed by atoms with E-state index in [9.17, 15) is 22.8 Å². The minimum Gasteiger partial charge on any atom is -0.497 e. The number of methoxy groups -OCH3 is 1. The molecule has 9 nitrogen and oxygen atoms in total. The van der Waals surface area contributed by atoms with E-state index in [1.54, 1.807) is 30.2 Å². The summed E-state index contributed by atoms with van der Waals surface area (Å²) < 4.78 is 32.1. The largest absolute Gasteiger partial charge is 0.497 e. The molecule has 1 heterocycles. The van der Waals surface area contributed by atoms with Gasteiger partial charge in [0, 0.05) is 32.5 Å². The minimum absolute atomic E-state index is 0.0218. The van der Waals surface area contributed by atoms with E-state index in [0.29, 0.717) is 18.7 Å². The fraction of sp³-hybridized carbons (Fsp3) is 0.323. The van der Waals surface area contributed by atoms with E-state index in [2.05, 4.69) is 5.32 Å². The number of ether oxygens (including phenoxy) is 1. The number of nitrogens with zero attached hydrogens (tertiary/aromatic N) is 2. The molecule has 3 amide bonds. The third-order valence-electron chi connectivity index (χ3n) is 6.97. The van der Waals surface area contributed by atoms with Crippen LogP contribution in [0.1, 0.15) is 47.7 Å². The lowest BCUT2D eigenvalue weighted by atomic mass is 10.0. The summed E-state index contributed by atoms with van der Waals surface area (Å²) in [6, 6.07) is 22.1. The quantitative estimate of drug-likeness (QED) is 0.331. The Morgan fingerprint density at radius 2 is 1.68 bits per heavy atom. The lowest BCUT2D eigenvalue weighted by Crippen LogP contribution is -2.50. The van der Waals surface area contributed by atoms with Crippen molar-refractivity contribution in [2.24, 2.45) is 0 Å². The van der Waals surface area contributed by atoms with Gasteiger partial charge in [-0.25, -0.2) is 12.7 Å². The molecule has 216 valence electrons. The molecule has 3 aromatic rings. The molecule has 0 bridgehead atoms. The number of rotatable bonds is 13. The van der Waals surface area contributed by atoms with Crippen molar-refractivity contribution in [3.63, 3.8) is 0 Å². The van der Waals surface area contributed by atoms with Crippen LogP contribution in [0.5, 0.6) is 5.75 Å². The van der Waals surface area contributed by atoms with Gasteiger partial charge < -0.3 is 15.0 Å². The summed E-state index contributed by atoms with van der Waals surface area (Å²) in [5.74, 6) is -0.550. The number of carbonyl (C=O) groups excluding carboxylic acids is 3. The Morgan fingerprint density at radius 1 is 0.976 bits per heavy atom. The van der Waals surface area contributed by atoms with Crippen molar-refractivity contribution in [2.75, 3.05) is 20.2 Å². The fourth-order valence-corrected chi connectivity index (χ4v) is 6.46. The third-order valence-corrected chi connectivity index (χ3v) is 8.81. The van der Waals surface area contributed by atoms with Crippen LogP contribution in [0, 0.1) is 0 Å². The van der Waals surface area contributed by atoms with E-state index in [1.165, 1.54) is 12.1 Å². The Kier molecular flexibility index (Phi) is 9.78. The second-order valence-corrected chi connectivity index (χ2v) is 11.7. The van der Waals surface area contributed by atoms with Crippen molar-refractivity contribution in [3.05, 3.63) is 95.6 Å². The van der Waals surface area contributed by atoms with Gasteiger partial charge in [-0.15, -0.1) is 0 Å². The number of carbonyl (C=O) groups is 3. The molecule has 4 rings (SSSR count). The number of nitrogens with one attached hydrogen (secondary N) is 1. The topological polar surface area (TPSA) is 113 Å². The summed E-state index contributed by atoms with van der Waals surface area (Å²) in [4.78, 5) is 41.6. The maximum Gasteiger partial charge on any atom is 0.269 e. The lowest BCUT2D eigenvalue weighted by Gasteiger charge is -2.32. The summed E-state index contributed by atoms with van der Waals surface area (Å²) in [5.41, 5.74) is 1.82. The number of amides is 3. The molecule has 0 unspecified atom stereocenters. The van der Waals surface area contributed by atoms with Crippen molar-refractivity contribution < 1.29 is 27.5 Å². The van der Waals surface area contributed by atoms with Crippen LogP contribution in [-0.2, 0) is 32.6 Å².